The van der Waals surface area contributed by atoms with Gasteiger partial charge in [0.15, 0.2) is 0 Å². The van der Waals surface area contributed by atoms with Crippen LogP contribution in [0.3, 0.4) is 0 Å². The lowest BCUT2D eigenvalue weighted by atomic mass is 10.1. The molecule has 0 radical (unpaired) electrons. The molecule has 0 fully saturated rings. The Balaban J connectivity index is 2.08. The highest BCUT2D eigenvalue weighted by Crippen LogP contribution is 2.25. The first kappa shape index (κ1) is 14.5. The number of benzene rings is 1. The van der Waals surface area contributed by atoms with E-state index in [1.54, 1.807) is 4.68 Å². The maximum atomic E-state index is 9.55. The van der Waals surface area contributed by atoms with Gasteiger partial charge in [-0.05, 0) is 26.8 Å². The molecule has 1 N–H and O–H groups in total. The number of rotatable bonds is 4. The van der Waals surface area contributed by atoms with Crippen LogP contribution in [0.5, 0.6) is 0 Å². The van der Waals surface area contributed by atoms with E-state index in [0.717, 1.165) is 33.8 Å². The quantitative estimate of drug-likeness (QED) is 0.800. The van der Waals surface area contributed by atoms with Crippen molar-refractivity contribution < 1.29 is 9.63 Å². The first-order chi connectivity index (χ1) is 10.6. The Hall–Kier alpha value is -2.47. The van der Waals surface area contributed by atoms with Gasteiger partial charge in [-0.3, -0.25) is 0 Å². The lowest BCUT2D eigenvalue weighted by molar-refractivity contribution is 0.277. The van der Waals surface area contributed by atoms with Gasteiger partial charge in [0.2, 0.25) is 0 Å². The Morgan fingerprint density at radius 2 is 2.05 bits per heavy atom. The van der Waals surface area contributed by atoms with Crippen LogP contribution in [-0.2, 0) is 13.2 Å². The number of aliphatic hydroxyl groups excluding tert-OH is 1. The van der Waals surface area contributed by atoms with Crippen molar-refractivity contribution in [2.75, 3.05) is 0 Å². The normalized spacial score (nSPS) is 11.1. The number of nitrogens with zero attached hydrogens (tertiary/aromatic N) is 4. The van der Waals surface area contributed by atoms with E-state index >= 15 is 0 Å². The molecule has 2 heterocycles. The van der Waals surface area contributed by atoms with E-state index in [1.165, 1.54) is 0 Å². The topological polar surface area (TPSA) is 77.0 Å². The zero-order chi connectivity index (χ0) is 15.7. The molecule has 3 aromatic rings. The number of hydrogen-bond donors (Lipinski definition) is 1. The molecule has 3 rings (SSSR count). The number of aliphatic hydroxyl groups is 1. The van der Waals surface area contributed by atoms with Crippen molar-refractivity contribution in [1.29, 1.82) is 0 Å². The second-order valence-corrected chi connectivity index (χ2v) is 5.37. The summed E-state index contributed by atoms with van der Waals surface area (Å²) >= 11 is 0. The van der Waals surface area contributed by atoms with Crippen molar-refractivity contribution in [1.82, 2.24) is 20.2 Å². The standard InChI is InChI=1S/C16H18N4O2/c1-10-5-4-6-13(7-10)16-15(9-21)17-19-20(16)8-14-11(2)18-22-12(14)3/h4-7,21H,8-9H2,1-3H3. The molecule has 1 aromatic carbocycles. The third-order valence-electron chi connectivity index (χ3n) is 3.74. The molecular formula is C16H18N4O2. The minimum atomic E-state index is -0.148. The molecule has 0 unspecified atom stereocenters. The van der Waals surface area contributed by atoms with E-state index in [1.807, 2.05) is 39.0 Å². The average molecular weight is 298 g/mol. The Bertz CT molecular complexity index is 785. The molecule has 2 aromatic heterocycles. The Kier molecular flexibility index (Phi) is 3.77. The molecule has 0 aliphatic rings. The molecule has 0 amide bonds. The van der Waals surface area contributed by atoms with Gasteiger partial charge in [-0.25, -0.2) is 4.68 Å². The summed E-state index contributed by atoms with van der Waals surface area (Å²) in [7, 11) is 0. The van der Waals surface area contributed by atoms with Gasteiger partial charge in [-0.1, -0.05) is 34.1 Å². The molecule has 0 spiro atoms. The lowest BCUT2D eigenvalue weighted by Crippen LogP contribution is -2.06. The van der Waals surface area contributed by atoms with E-state index in [4.69, 9.17) is 4.52 Å². The Labute approximate surface area is 128 Å². The molecule has 0 atom stereocenters. The van der Waals surface area contributed by atoms with Crippen LogP contribution in [0.15, 0.2) is 28.8 Å². The van der Waals surface area contributed by atoms with Crippen LogP contribution in [0, 0.1) is 20.8 Å². The molecule has 0 saturated carbocycles. The number of hydrogen-bond acceptors (Lipinski definition) is 5. The van der Waals surface area contributed by atoms with Gasteiger partial charge in [-0.2, -0.15) is 0 Å². The van der Waals surface area contributed by atoms with Gasteiger partial charge in [0, 0.05) is 11.1 Å². The average Bonchev–Trinajstić information content (AvgIpc) is 3.05. The van der Waals surface area contributed by atoms with Crippen LogP contribution < -0.4 is 0 Å². The first-order valence-corrected chi connectivity index (χ1v) is 7.12. The van der Waals surface area contributed by atoms with Crippen molar-refractivity contribution in [3.05, 3.63) is 52.5 Å². The largest absolute Gasteiger partial charge is 0.390 e. The molecule has 114 valence electrons. The van der Waals surface area contributed by atoms with Crippen LogP contribution in [0.1, 0.15) is 28.3 Å². The first-order valence-electron chi connectivity index (χ1n) is 7.12. The van der Waals surface area contributed by atoms with Crippen LogP contribution in [0.4, 0.5) is 0 Å². The lowest BCUT2D eigenvalue weighted by Gasteiger charge is -2.08. The smallest absolute Gasteiger partial charge is 0.138 e. The van der Waals surface area contributed by atoms with Gasteiger partial charge in [-0.15, -0.1) is 5.10 Å². The van der Waals surface area contributed by atoms with E-state index < -0.39 is 0 Å². The fourth-order valence-electron chi connectivity index (χ4n) is 2.55. The fraction of sp³-hybridized carbons (Fsp3) is 0.312. The summed E-state index contributed by atoms with van der Waals surface area (Å²) in [6, 6.07) is 8.07. The van der Waals surface area contributed by atoms with Crippen LogP contribution in [0.2, 0.25) is 0 Å². The summed E-state index contributed by atoms with van der Waals surface area (Å²) in [5.74, 6) is 0.772. The molecule has 0 aliphatic carbocycles. The molecule has 0 bridgehead atoms. The monoisotopic (exact) mass is 298 g/mol. The summed E-state index contributed by atoms with van der Waals surface area (Å²) in [4.78, 5) is 0. The Morgan fingerprint density at radius 1 is 1.23 bits per heavy atom. The second kappa shape index (κ2) is 5.73. The molecule has 0 saturated heterocycles. The highest BCUT2D eigenvalue weighted by Gasteiger charge is 2.17. The third-order valence-corrected chi connectivity index (χ3v) is 3.74. The predicted octanol–water partition coefficient (Wildman–Crippen LogP) is 2.40. The minimum Gasteiger partial charge on any atom is -0.390 e. The maximum Gasteiger partial charge on any atom is 0.138 e. The summed E-state index contributed by atoms with van der Waals surface area (Å²) in [6.45, 7) is 6.18. The molecule has 22 heavy (non-hydrogen) atoms. The highest BCUT2D eigenvalue weighted by molar-refractivity contribution is 5.62. The SMILES string of the molecule is Cc1cccc(-c2c(CO)nnn2Cc2c(C)noc2C)c1. The van der Waals surface area contributed by atoms with E-state index in [2.05, 4.69) is 21.5 Å². The third kappa shape index (κ3) is 2.53. The van der Waals surface area contributed by atoms with E-state index in [-0.39, 0.29) is 6.61 Å². The number of aromatic nitrogens is 4. The maximum absolute atomic E-state index is 9.55. The zero-order valence-electron chi connectivity index (χ0n) is 12.9. The van der Waals surface area contributed by atoms with Crippen LogP contribution >= 0.6 is 0 Å². The van der Waals surface area contributed by atoms with Crippen molar-refractivity contribution in [3.63, 3.8) is 0 Å². The van der Waals surface area contributed by atoms with Crippen molar-refractivity contribution in [2.45, 2.75) is 33.9 Å². The van der Waals surface area contributed by atoms with E-state index in [9.17, 15) is 5.11 Å². The Morgan fingerprint density at radius 3 is 2.68 bits per heavy atom. The minimum absolute atomic E-state index is 0.148. The summed E-state index contributed by atoms with van der Waals surface area (Å²) in [5, 5.41) is 21.8. The number of aryl methyl sites for hydroxylation is 3. The van der Waals surface area contributed by atoms with Gasteiger partial charge in [0.25, 0.3) is 0 Å². The van der Waals surface area contributed by atoms with Crippen molar-refractivity contribution in [2.24, 2.45) is 0 Å². The van der Waals surface area contributed by atoms with Crippen molar-refractivity contribution >= 4 is 0 Å². The van der Waals surface area contributed by atoms with Gasteiger partial charge in [0.1, 0.15) is 11.5 Å². The summed E-state index contributed by atoms with van der Waals surface area (Å²) in [6.07, 6.45) is 0. The van der Waals surface area contributed by atoms with Crippen LogP contribution in [-0.4, -0.2) is 25.3 Å². The predicted molar refractivity (Wildman–Crippen MR) is 81.2 cm³/mol. The fourth-order valence-corrected chi connectivity index (χ4v) is 2.55. The summed E-state index contributed by atoms with van der Waals surface area (Å²) in [5.41, 5.74) is 5.35. The van der Waals surface area contributed by atoms with Gasteiger partial charge < -0.3 is 9.63 Å². The van der Waals surface area contributed by atoms with E-state index in [0.29, 0.717) is 12.2 Å². The molecular weight excluding hydrogens is 280 g/mol. The van der Waals surface area contributed by atoms with Crippen molar-refractivity contribution in [3.8, 4) is 11.3 Å². The van der Waals surface area contributed by atoms with Gasteiger partial charge >= 0.3 is 0 Å². The van der Waals surface area contributed by atoms with Gasteiger partial charge in [0.05, 0.1) is 24.5 Å². The molecule has 6 nitrogen and oxygen atoms in total. The van der Waals surface area contributed by atoms with Crippen LogP contribution in [0.25, 0.3) is 11.3 Å². The highest BCUT2D eigenvalue weighted by atomic mass is 16.5. The second-order valence-electron chi connectivity index (χ2n) is 5.37. The molecule has 6 heteroatoms. The molecule has 0 aliphatic heterocycles. The summed E-state index contributed by atoms with van der Waals surface area (Å²) < 4.78 is 6.99. The zero-order valence-corrected chi connectivity index (χ0v) is 12.9.